The molecule has 0 radical (unpaired) electrons. The summed E-state index contributed by atoms with van der Waals surface area (Å²) in [5.74, 6) is 0.801. The zero-order valence-electron chi connectivity index (χ0n) is 8.49. The number of carbonyl (C=O) groups is 1. The van der Waals surface area contributed by atoms with Crippen molar-refractivity contribution in [3.63, 3.8) is 0 Å². The predicted octanol–water partition coefficient (Wildman–Crippen LogP) is 0.335. The van der Waals surface area contributed by atoms with Gasteiger partial charge in [-0.2, -0.15) is 4.80 Å². The maximum absolute atomic E-state index is 10.6. The van der Waals surface area contributed by atoms with Crippen LogP contribution in [0.3, 0.4) is 0 Å². The summed E-state index contributed by atoms with van der Waals surface area (Å²) in [7, 11) is 1.67. The summed E-state index contributed by atoms with van der Waals surface area (Å²) >= 11 is 0. The molecule has 1 heterocycles. The number of primary amides is 1. The second-order valence-electron chi connectivity index (χ2n) is 3.05. The number of nitrogens with zero attached hydrogens (tertiary/aromatic N) is 4. The number of nitrogens with two attached hydrogens (primary N) is 1. The van der Waals surface area contributed by atoms with E-state index >= 15 is 0 Å². The van der Waals surface area contributed by atoms with E-state index < -0.39 is 6.09 Å². The lowest BCUT2D eigenvalue weighted by Crippen LogP contribution is -2.16. The van der Waals surface area contributed by atoms with Gasteiger partial charge in [-0.3, -0.25) is 0 Å². The molecule has 1 aromatic heterocycles. The second-order valence-corrected chi connectivity index (χ2v) is 3.05. The van der Waals surface area contributed by atoms with E-state index in [1.807, 2.05) is 0 Å². The molecule has 16 heavy (non-hydrogen) atoms. The zero-order chi connectivity index (χ0) is 11.5. The lowest BCUT2D eigenvalue weighted by atomic mass is 10.2. The van der Waals surface area contributed by atoms with Gasteiger partial charge in [-0.05, 0) is 17.3 Å². The molecule has 2 rings (SSSR count). The molecule has 0 atom stereocenters. The molecule has 7 nitrogen and oxygen atoms in total. The summed E-state index contributed by atoms with van der Waals surface area (Å²) in [6.45, 7) is 0. The Hall–Kier alpha value is -2.44. The van der Waals surface area contributed by atoms with Crippen molar-refractivity contribution >= 4 is 6.09 Å². The monoisotopic (exact) mass is 219 g/mol. The molecule has 0 aliphatic carbocycles. The molecule has 1 aromatic carbocycles. The summed E-state index contributed by atoms with van der Waals surface area (Å²) in [6.07, 6.45) is -0.857. The molecule has 0 unspecified atom stereocenters. The lowest BCUT2D eigenvalue weighted by Gasteiger charge is -2.01. The van der Waals surface area contributed by atoms with E-state index in [0.717, 1.165) is 0 Å². The molecule has 0 fully saturated rings. The van der Waals surface area contributed by atoms with Crippen LogP contribution in [-0.2, 0) is 7.05 Å². The Balaban J connectivity index is 2.32. The van der Waals surface area contributed by atoms with Gasteiger partial charge in [0.15, 0.2) is 0 Å². The summed E-state index contributed by atoms with van der Waals surface area (Å²) in [4.78, 5) is 11.9. The molecule has 2 N–H and O–H groups in total. The van der Waals surface area contributed by atoms with Crippen molar-refractivity contribution < 1.29 is 9.53 Å². The summed E-state index contributed by atoms with van der Waals surface area (Å²) in [5.41, 5.74) is 5.61. The first kappa shape index (κ1) is 10.1. The molecule has 7 heteroatoms. The van der Waals surface area contributed by atoms with Gasteiger partial charge >= 0.3 is 6.09 Å². The van der Waals surface area contributed by atoms with E-state index in [0.29, 0.717) is 17.1 Å². The van der Waals surface area contributed by atoms with Crippen molar-refractivity contribution in [1.82, 2.24) is 20.2 Å². The molecule has 82 valence electrons. The molecule has 0 aliphatic heterocycles. The van der Waals surface area contributed by atoms with E-state index in [1.54, 1.807) is 31.3 Å². The van der Waals surface area contributed by atoms with Crippen LogP contribution in [0.2, 0.25) is 0 Å². The summed E-state index contributed by atoms with van der Waals surface area (Å²) < 4.78 is 4.74. The molecule has 0 bridgehead atoms. The maximum atomic E-state index is 10.6. The fraction of sp³-hybridized carbons (Fsp3) is 0.111. The zero-order valence-corrected chi connectivity index (χ0v) is 8.49. The predicted molar refractivity (Wildman–Crippen MR) is 54.4 cm³/mol. The minimum absolute atomic E-state index is 0.345. The van der Waals surface area contributed by atoms with E-state index in [9.17, 15) is 4.79 Å². The van der Waals surface area contributed by atoms with Gasteiger partial charge in [0.2, 0.25) is 5.82 Å². The minimum Gasteiger partial charge on any atom is -0.410 e. The summed E-state index contributed by atoms with van der Waals surface area (Å²) in [6, 6.07) is 6.72. The van der Waals surface area contributed by atoms with Crippen LogP contribution in [0.4, 0.5) is 4.79 Å². The van der Waals surface area contributed by atoms with Crippen LogP contribution in [0, 0.1) is 0 Å². The normalized spacial score (nSPS) is 10.1. The molecule has 0 saturated heterocycles. The molecule has 0 saturated carbocycles. The Morgan fingerprint density at radius 2 is 2.31 bits per heavy atom. The minimum atomic E-state index is -0.857. The van der Waals surface area contributed by atoms with Gasteiger partial charge in [-0.15, -0.1) is 10.2 Å². The Labute approximate surface area is 90.8 Å². The van der Waals surface area contributed by atoms with Gasteiger partial charge in [0, 0.05) is 5.56 Å². The molecular formula is C9H9N5O2. The standard InChI is InChI=1S/C9H9N5O2/c1-14-12-8(11-13-14)6-3-2-4-7(5-6)16-9(10)15/h2-5H,1H3,(H2,10,15). The SMILES string of the molecule is Cn1nnc(-c2cccc(OC(N)=O)c2)n1. The van der Waals surface area contributed by atoms with Gasteiger partial charge in [-0.25, -0.2) is 4.79 Å². The first-order valence-corrected chi connectivity index (χ1v) is 4.47. The van der Waals surface area contributed by atoms with E-state index in [4.69, 9.17) is 10.5 Å². The molecule has 0 aliphatic rings. The summed E-state index contributed by atoms with van der Waals surface area (Å²) in [5, 5.41) is 11.6. The highest BCUT2D eigenvalue weighted by molar-refractivity contribution is 5.69. The third kappa shape index (κ3) is 2.14. The van der Waals surface area contributed by atoms with Gasteiger partial charge in [0.1, 0.15) is 5.75 Å². The van der Waals surface area contributed by atoms with Crippen LogP contribution in [0.5, 0.6) is 5.75 Å². The van der Waals surface area contributed by atoms with Crippen molar-refractivity contribution in [3.8, 4) is 17.1 Å². The Kier molecular flexibility index (Phi) is 2.50. The highest BCUT2D eigenvalue weighted by atomic mass is 16.5. The van der Waals surface area contributed by atoms with Crippen molar-refractivity contribution in [2.24, 2.45) is 12.8 Å². The number of aromatic nitrogens is 4. The fourth-order valence-corrected chi connectivity index (χ4v) is 1.21. The van der Waals surface area contributed by atoms with Gasteiger partial charge in [0.25, 0.3) is 0 Å². The lowest BCUT2D eigenvalue weighted by molar-refractivity contribution is 0.211. The number of carbonyl (C=O) groups excluding carboxylic acids is 1. The highest BCUT2D eigenvalue weighted by Crippen LogP contribution is 2.19. The van der Waals surface area contributed by atoms with Crippen molar-refractivity contribution in [2.45, 2.75) is 0 Å². The number of rotatable bonds is 2. The first-order valence-electron chi connectivity index (χ1n) is 4.47. The van der Waals surface area contributed by atoms with Crippen LogP contribution in [0.15, 0.2) is 24.3 Å². The topological polar surface area (TPSA) is 95.9 Å². The molecule has 1 amide bonds. The highest BCUT2D eigenvalue weighted by Gasteiger charge is 2.06. The van der Waals surface area contributed by atoms with Crippen LogP contribution in [0.25, 0.3) is 11.4 Å². The van der Waals surface area contributed by atoms with Crippen molar-refractivity contribution in [3.05, 3.63) is 24.3 Å². The van der Waals surface area contributed by atoms with Crippen molar-refractivity contribution in [2.75, 3.05) is 0 Å². The smallest absolute Gasteiger partial charge is 0.409 e. The Morgan fingerprint density at radius 3 is 2.94 bits per heavy atom. The quantitative estimate of drug-likeness (QED) is 0.785. The number of hydrogen-bond acceptors (Lipinski definition) is 5. The van der Waals surface area contributed by atoms with Crippen molar-refractivity contribution in [1.29, 1.82) is 0 Å². The van der Waals surface area contributed by atoms with Crippen LogP contribution in [0.1, 0.15) is 0 Å². The number of hydrogen-bond donors (Lipinski definition) is 1. The van der Waals surface area contributed by atoms with Gasteiger partial charge < -0.3 is 10.5 Å². The Morgan fingerprint density at radius 1 is 1.50 bits per heavy atom. The molecular weight excluding hydrogens is 210 g/mol. The number of aryl methyl sites for hydroxylation is 1. The molecule has 2 aromatic rings. The first-order chi connectivity index (χ1) is 7.65. The number of tetrazole rings is 1. The van der Waals surface area contributed by atoms with Crippen LogP contribution >= 0.6 is 0 Å². The number of benzene rings is 1. The maximum Gasteiger partial charge on any atom is 0.409 e. The van der Waals surface area contributed by atoms with E-state index in [-0.39, 0.29) is 0 Å². The average Bonchev–Trinajstić information content (AvgIpc) is 2.64. The van der Waals surface area contributed by atoms with Crippen LogP contribution in [-0.4, -0.2) is 26.3 Å². The van der Waals surface area contributed by atoms with Gasteiger partial charge in [-0.1, -0.05) is 12.1 Å². The molecule has 0 spiro atoms. The van der Waals surface area contributed by atoms with E-state index in [1.165, 1.54) is 4.80 Å². The van der Waals surface area contributed by atoms with Crippen LogP contribution < -0.4 is 10.5 Å². The van der Waals surface area contributed by atoms with E-state index in [2.05, 4.69) is 15.4 Å². The number of amides is 1. The number of ether oxygens (including phenoxy) is 1. The average molecular weight is 219 g/mol. The Bertz CT molecular complexity index is 522. The third-order valence-corrected chi connectivity index (χ3v) is 1.82. The third-order valence-electron chi connectivity index (χ3n) is 1.82. The second kappa shape index (κ2) is 3.97. The fourth-order valence-electron chi connectivity index (χ4n) is 1.21. The largest absolute Gasteiger partial charge is 0.410 e. The van der Waals surface area contributed by atoms with Gasteiger partial charge in [0.05, 0.1) is 7.05 Å².